The molecule has 0 aliphatic carbocycles. The zero-order chi connectivity index (χ0) is 19.6. The maximum Gasteiger partial charge on any atom is 0.416 e. The third-order valence-corrected chi connectivity index (χ3v) is 3.70. The van der Waals surface area contributed by atoms with E-state index in [2.05, 4.69) is 30.8 Å². The van der Waals surface area contributed by atoms with Crippen molar-refractivity contribution in [1.29, 1.82) is 0 Å². The average Bonchev–Trinajstić information content (AvgIpc) is 3.23. The molecule has 2 aromatic heterocycles. The third kappa shape index (κ3) is 4.22. The molecule has 2 heterocycles. The molecule has 3 N–H and O–H groups in total. The Morgan fingerprint density at radius 2 is 2.07 bits per heavy atom. The molecule has 1 atom stereocenters. The number of aromatic nitrogens is 6. The number of rotatable bonds is 5. The Morgan fingerprint density at radius 3 is 2.74 bits per heavy atom. The highest BCUT2D eigenvalue weighted by Crippen LogP contribution is 2.32. The van der Waals surface area contributed by atoms with Crippen molar-refractivity contribution in [3.05, 3.63) is 63.6 Å². The Morgan fingerprint density at radius 1 is 1.33 bits per heavy atom. The summed E-state index contributed by atoms with van der Waals surface area (Å²) in [4.78, 5) is 25.6. The van der Waals surface area contributed by atoms with Crippen molar-refractivity contribution in [1.82, 2.24) is 35.5 Å². The minimum absolute atomic E-state index is 0.00400. The molecule has 3 rings (SSSR count). The smallest absolute Gasteiger partial charge is 0.341 e. The van der Waals surface area contributed by atoms with Crippen LogP contribution in [0.3, 0.4) is 0 Å². The van der Waals surface area contributed by atoms with Gasteiger partial charge in [-0.25, -0.2) is 14.6 Å². The van der Waals surface area contributed by atoms with Gasteiger partial charge < -0.3 is 5.32 Å². The Kier molecular flexibility index (Phi) is 4.79. The van der Waals surface area contributed by atoms with E-state index in [0.29, 0.717) is 0 Å². The third-order valence-electron chi connectivity index (χ3n) is 3.70. The van der Waals surface area contributed by atoms with Crippen molar-refractivity contribution in [3.8, 4) is 0 Å². The van der Waals surface area contributed by atoms with Crippen LogP contribution < -0.4 is 11.0 Å². The van der Waals surface area contributed by atoms with E-state index in [0.717, 1.165) is 10.7 Å². The minimum atomic E-state index is -4.49. The number of carbonyl (C=O) groups excluding carboxylic acids is 1. The molecule has 0 saturated carbocycles. The van der Waals surface area contributed by atoms with Gasteiger partial charge in [-0.1, -0.05) is 23.4 Å². The number of carbonyl (C=O) groups is 1. The molecule has 0 unspecified atom stereocenters. The molecule has 0 aliphatic heterocycles. The van der Waals surface area contributed by atoms with Crippen LogP contribution in [-0.2, 0) is 12.7 Å². The fourth-order valence-electron chi connectivity index (χ4n) is 2.42. The highest BCUT2D eigenvalue weighted by molar-refractivity contribution is 5.92. The van der Waals surface area contributed by atoms with E-state index in [4.69, 9.17) is 0 Å². The van der Waals surface area contributed by atoms with Crippen molar-refractivity contribution in [2.75, 3.05) is 0 Å². The van der Waals surface area contributed by atoms with Gasteiger partial charge in [0.2, 0.25) is 0 Å². The number of alkyl halides is 3. The Balaban J connectivity index is 1.72. The fourth-order valence-corrected chi connectivity index (χ4v) is 2.42. The van der Waals surface area contributed by atoms with Crippen LogP contribution in [-0.4, -0.2) is 36.1 Å². The van der Waals surface area contributed by atoms with Crippen LogP contribution in [0.5, 0.6) is 0 Å². The van der Waals surface area contributed by atoms with Crippen LogP contribution >= 0.6 is 0 Å². The summed E-state index contributed by atoms with van der Waals surface area (Å²) in [5.41, 5.74) is -1.36. The summed E-state index contributed by atoms with van der Waals surface area (Å²) in [5.74, 6) is -0.387. The van der Waals surface area contributed by atoms with Crippen molar-refractivity contribution in [2.45, 2.75) is 25.7 Å². The highest BCUT2D eigenvalue weighted by Gasteiger charge is 2.33. The van der Waals surface area contributed by atoms with Crippen LogP contribution in [0, 0.1) is 0 Å². The quantitative estimate of drug-likeness (QED) is 0.614. The maximum absolute atomic E-state index is 13.0. The molecule has 0 aliphatic rings. The van der Waals surface area contributed by atoms with Gasteiger partial charge in [0.05, 0.1) is 24.3 Å². The summed E-state index contributed by atoms with van der Waals surface area (Å²) >= 11 is 0. The summed E-state index contributed by atoms with van der Waals surface area (Å²) in [6.07, 6.45) is -3.25. The maximum atomic E-state index is 13.0. The van der Waals surface area contributed by atoms with Gasteiger partial charge in [0.15, 0.2) is 11.5 Å². The van der Waals surface area contributed by atoms with Gasteiger partial charge in [-0.15, -0.1) is 5.10 Å². The highest BCUT2D eigenvalue weighted by atomic mass is 19.4. The lowest BCUT2D eigenvalue weighted by Gasteiger charge is -2.12. The number of hydrogen-bond acceptors (Lipinski definition) is 5. The van der Waals surface area contributed by atoms with E-state index in [1.807, 2.05) is 0 Å². The van der Waals surface area contributed by atoms with E-state index in [-0.39, 0.29) is 23.6 Å². The van der Waals surface area contributed by atoms with Crippen molar-refractivity contribution >= 4 is 5.91 Å². The van der Waals surface area contributed by atoms with Gasteiger partial charge in [-0.2, -0.15) is 18.3 Å². The molecular formula is C15H14F3N7O2. The predicted molar refractivity (Wildman–Crippen MR) is 85.7 cm³/mol. The minimum Gasteiger partial charge on any atom is -0.341 e. The van der Waals surface area contributed by atoms with Crippen molar-refractivity contribution in [3.63, 3.8) is 0 Å². The summed E-state index contributed by atoms with van der Waals surface area (Å²) in [7, 11) is 0. The average molecular weight is 381 g/mol. The molecule has 0 saturated heterocycles. The molecule has 142 valence electrons. The molecule has 1 aromatic carbocycles. The largest absolute Gasteiger partial charge is 0.416 e. The molecule has 0 radical (unpaired) electrons. The number of nitrogens with zero attached hydrogens (tertiary/aromatic N) is 4. The number of nitrogens with one attached hydrogen (secondary N) is 3. The molecule has 12 heteroatoms. The van der Waals surface area contributed by atoms with E-state index in [1.165, 1.54) is 24.4 Å². The van der Waals surface area contributed by atoms with Crippen LogP contribution in [0.15, 0.2) is 35.3 Å². The summed E-state index contributed by atoms with van der Waals surface area (Å²) in [6.45, 7) is 1.40. The van der Waals surface area contributed by atoms with E-state index < -0.39 is 29.4 Å². The lowest BCUT2D eigenvalue weighted by atomic mass is 10.1. The predicted octanol–water partition coefficient (Wildman–Crippen LogP) is 1.25. The van der Waals surface area contributed by atoms with E-state index in [1.54, 1.807) is 6.92 Å². The normalized spacial score (nSPS) is 12.7. The van der Waals surface area contributed by atoms with Crippen LogP contribution in [0.2, 0.25) is 0 Å². The van der Waals surface area contributed by atoms with Gasteiger partial charge in [-0.3, -0.25) is 9.78 Å². The molecule has 0 fully saturated rings. The molecule has 0 bridgehead atoms. The zero-order valence-corrected chi connectivity index (χ0v) is 13.9. The second kappa shape index (κ2) is 7.05. The summed E-state index contributed by atoms with van der Waals surface area (Å²) in [5, 5.41) is 15.8. The number of H-pyrrole nitrogens is 2. The second-order valence-corrected chi connectivity index (χ2v) is 5.71. The first-order valence-electron chi connectivity index (χ1n) is 7.74. The van der Waals surface area contributed by atoms with E-state index in [9.17, 15) is 22.8 Å². The zero-order valence-electron chi connectivity index (χ0n) is 13.9. The van der Waals surface area contributed by atoms with Gasteiger partial charge in [0.25, 0.3) is 5.91 Å². The number of amides is 1. The fraction of sp³-hybridized carbons (Fsp3) is 0.267. The van der Waals surface area contributed by atoms with E-state index >= 15 is 0 Å². The van der Waals surface area contributed by atoms with Crippen LogP contribution in [0.1, 0.15) is 40.4 Å². The lowest BCUT2D eigenvalue weighted by Crippen LogP contribution is -2.28. The molecule has 27 heavy (non-hydrogen) atoms. The van der Waals surface area contributed by atoms with Crippen molar-refractivity contribution in [2.24, 2.45) is 0 Å². The Hall–Kier alpha value is -3.44. The Labute approximate surface area is 149 Å². The lowest BCUT2D eigenvalue weighted by molar-refractivity contribution is -0.138. The number of aromatic amines is 2. The van der Waals surface area contributed by atoms with Gasteiger partial charge in [-0.05, 0) is 18.6 Å². The SMILES string of the molecule is C[C@H](NC(=O)c1cn(Cc2ccccc2C(F)(F)F)nn1)c1n[nH]c(=O)[nH]1. The number of halogens is 3. The first-order valence-corrected chi connectivity index (χ1v) is 7.74. The van der Waals surface area contributed by atoms with Crippen LogP contribution in [0.25, 0.3) is 0 Å². The first kappa shape index (κ1) is 18.4. The summed E-state index contributed by atoms with van der Waals surface area (Å²) < 4.78 is 40.3. The van der Waals surface area contributed by atoms with Crippen LogP contribution in [0.4, 0.5) is 13.2 Å². The molecule has 0 spiro atoms. The molecule has 3 aromatic rings. The topological polar surface area (TPSA) is 121 Å². The summed E-state index contributed by atoms with van der Waals surface area (Å²) in [6, 6.07) is 4.48. The van der Waals surface area contributed by atoms with Gasteiger partial charge >= 0.3 is 11.9 Å². The molecular weight excluding hydrogens is 367 g/mol. The monoisotopic (exact) mass is 381 g/mol. The Bertz CT molecular complexity index is 1010. The van der Waals surface area contributed by atoms with Gasteiger partial charge in [0.1, 0.15) is 0 Å². The first-order chi connectivity index (χ1) is 12.7. The molecule has 9 nitrogen and oxygen atoms in total. The second-order valence-electron chi connectivity index (χ2n) is 5.71. The van der Waals surface area contributed by atoms with Gasteiger partial charge in [0, 0.05) is 0 Å². The standard InChI is InChI=1S/C15H14F3N7O2/c1-8(12-20-14(27)23-22-12)19-13(26)11-7-25(24-21-11)6-9-4-2-3-5-10(9)15(16,17)18/h2-5,7-8H,6H2,1H3,(H,19,26)(H2,20,22,23,27)/t8-/m0/s1. The molecule has 1 amide bonds. The number of hydrogen-bond donors (Lipinski definition) is 3. The van der Waals surface area contributed by atoms with Crippen molar-refractivity contribution < 1.29 is 18.0 Å². The number of benzene rings is 1.